The Balaban J connectivity index is 4.18. The zero-order chi connectivity index (χ0) is 52.7. The number of likely N-dealkylation sites (N-methyl/N-ethyl adjacent to an activating group) is 1. The topological polar surface area (TPSA) is 105 Å². The number of allylic oxidation sites excluding steroid dienone is 12. The number of hydrogen-bond acceptors (Lipinski definition) is 5. The van der Waals surface area contributed by atoms with Crippen LogP contribution >= 0.6 is 7.82 Å². The van der Waals surface area contributed by atoms with Gasteiger partial charge in [-0.25, -0.2) is 4.57 Å². The van der Waals surface area contributed by atoms with E-state index in [1.807, 2.05) is 21.1 Å². The van der Waals surface area contributed by atoms with Crippen molar-refractivity contribution in [3.05, 3.63) is 72.9 Å². The summed E-state index contributed by atoms with van der Waals surface area (Å²) < 4.78 is 23.8. The number of amides is 1. The normalized spacial score (nSPS) is 14.4. The molecule has 3 unspecified atom stereocenters. The minimum Gasteiger partial charge on any atom is -0.391 e. The Morgan fingerprint density at radius 1 is 0.486 bits per heavy atom. The summed E-state index contributed by atoms with van der Waals surface area (Å²) in [7, 11) is 1.58. The van der Waals surface area contributed by atoms with E-state index in [9.17, 15) is 19.4 Å². The zero-order valence-corrected chi connectivity index (χ0v) is 48.8. The molecule has 9 heteroatoms. The number of quaternary nitrogens is 1. The summed E-state index contributed by atoms with van der Waals surface area (Å²) in [5.41, 5.74) is 0. The summed E-state index contributed by atoms with van der Waals surface area (Å²) in [5, 5.41) is 14.1. The number of hydrogen-bond donors (Lipinski definition) is 3. The molecule has 420 valence electrons. The monoisotopic (exact) mass is 1030 g/mol. The largest absolute Gasteiger partial charge is 0.472 e. The van der Waals surface area contributed by atoms with E-state index in [-0.39, 0.29) is 19.1 Å². The predicted octanol–water partition coefficient (Wildman–Crippen LogP) is 18.7. The smallest absolute Gasteiger partial charge is 0.391 e. The van der Waals surface area contributed by atoms with Gasteiger partial charge in [-0.3, -0.25) is 13.8 Å². The molecule has 0 bridgehead atoms. The third-order valence-electron chi connectivity index (χ3n) is 13.5. The Bertz CT molecular complexity index is 1400. The first-order chi connectivity index (χ1) is 35.0. The number of aliphatic hydroxyl groups excluding tert-OH is 1. The van der Waals surface area contributed by atoms with Gasteiger partial charge in [-0.1, -0.05) is 273 Å². The molecule has 0 fully saturated rings. The van der Waals surface area contributed by atoms with Crippen molar-refractivity contribution >= 4 is 13.7 Å². The maximum absolute atomic E-state index is 13.0. The van der Waals surface area contributed by atoms with Crippen LogP contribution in [0, 0.1) is 0 Å². The molecule has 0 rings (SSSR count). The van der Waals surface area contributed by atoms with Crippen LogP contribution in [0.5, 0.6) is 0 Å². The van der Waals surface area contributed by atoms with Gasteiger partial charge in [-0.05, 0) is 64.2 Å². The highest BCUT2D eigenvalue weighted by Crippen LogP contribution is 2.43. The Morgan fingerprint density at radius 2 is 0.833 bits per heavy atom. The third kappa shape index (κ3) is 55.7. The van der Waals surface area contributed by atoms with Crippen molar-refractivity contribution in [1.29, 1.82) is 0 Å². The van der Waals surface area contributed by atoms with Crippen LogP contribution in [0.4, 0.5) is 0 Å². The van der Waals surface area contributed by atoms with Crippen molar-refractivity contribution in [2.75, 3.05) is 40.9 Å². The fraction of sp³-hybridized carbons (Fsp3) is 0.794. The summed E-state index contributed by atoms with van der Waals surface area (Å²) in [6, 6.07) is -0.790. The molecular weight excluding hydrogens is 912 g/mol. The van der Waals surface area contributed by atoms with Crippen molar-refractivity contribution in [2.24, 2.45) is 0 Å². The van der Waals surface area contributed by atoms with Gasteiger partial charge in [0.1, 0.15) is 13.2 Å². The number of phosphoric ester groups is 1. The van der Waals surface area contributed by atoms with Gasteiger partial charge >= 0.3 is 7.82 Å². The molecule has 0 radical (unpaired) electrons. The van der Waals surface area contributed by atoms with Crippen molar-refractivity contribution < 1.29 is 32.9 Å². The average molecular weight is 1030 g/mol. The van der Waals surface area contributed by atoms with Crippen LogP contribution in [0.25, 0.3) is 0 Å². The van der Waals surface area contributed by atoms with Crippen molar-refractivity contribution in [2.45, 2.75) is 283 Å². The molecule has 0 aromatic heterocycles. The summed E-state index contributed by atoms with van der Waals surface area (Å²) in [6.07, 6.45) is 74.1. The van der Waals surface area contributed by atoms with Gasteiger partial charge in [0.2, 0.25) is 5.91 Å². The van der Waals surface area contributed by atoms with Gasteiger partial charge in [0.25, 0.3) is 0 Å². The van der Waals surface area contributed by atoms with Crippen LogP contribution < -0.4 is 5.32 Å². The van der Waals surface area contributed by atoms with Crippen LogP contribution in [0.15, 0.2) is 72.9 Å². The summed E-state index contributed by atoms with van der Waals surface area (Å²) in [5.74, 6) is -0.185. The summed E-state index contributed by atoms with van der Waals surface area (Å²) in [4.78, 5) is 23.3. The van der Waals surface area contributed by atoms with E-state index in [2.05, 4.69) is 92.1 Å². The Hall–Kier alpha value is -2.06. The highest BCUT2D eigenvalue weighted by Gasteiger charge is 2.28. The van der Waals surface area contributed by atoms with E-state index in [1.54, 1.807) is 0 Å². The molecule has 0 aromatic carbocycles. The molecule has 3 atom stereocenters. The number of nitrogens with one attached hydrogen (secondary N) is 1. The highest BCUT2D eigenvalue weighted by atomic mass is 31.2. The number of unbranched alkanes of at least 4 members (excludes halogenated alkanes) is 30. The first-order valence-corrected chi connectivity index (χ1v) is 31.8. The molecule has 8 nitrogen and oxygen atoms in total. The van der Waals surface area contributed by atoms with E-state index < -0.39 is 20.0 Å². The van der Waals surface area contributed by atoms with Gasteiger partial charge in [0.15, 0.2) is 0 Å². The molecule has 0 spiro atoms. The van der Waals surface area contributed by atoms with Crippen molar-refractivity contribution in [1.82, 2.24) is 5.32 Å². The molecular formula is C63H118N2O6P+. The molecule has 0 aliphatic heterocycles. The van der Waals surface area contributed by atoms with Gasteiger partial charge < -0.3 is 19.8 Å². The first kappa shape index (κ1) is 69.9. The van der Waals surface area contributed by atoms with E-state index >= 15 is 0 Å². The molecule has 72 heavy (non-hydrogen) atoms. The zero-order valence-electron chi connectivity index (χ0n) is 47.9. The lowest BCUT2D eigenvalue weighted by atomic mass is 10.0. The first-order valence-electron chi connectivity index (χ1n) is 30.3. The van der Waals surface area contributed by atoms with Crippen LogP contribution in [0.3, 0.4) is 0 Å². The number of aliphatic hydroxyl groups is 1. The minimum atomic E-state index is -4.34. The number of carbonyl (C=O) groups excluding carboxylic acids is 1. The van der Waals surface area contributed by atoms with Crippen molar-refractivity contribution in [3.8, 4) is 0 Å². The molecule has 0 aromatic rings. The second-order valence-electron chi connectivity index (χ2n) is 21.7. The Labute approximate surface area is 446 Å². The summed E-state index contributed by atoms with van der Waals surface area (Å²) in [6.45, 7) is 4.76. The lowest BCUT2D eigenvalue weighted by molar-refractivity contribution is -0.870. The Morgan fingerprint density at radius 3 is 1.19 bits per heavy atom. The molecule has 0 aliphatic rings. The number of phosphoric acid groups is 1. The van der Waals surface area contributed by atoms with E-state index in [0.717, 1.165) is 70.6 Å². The van der Waals surface area contributed by atoms with E-state index in [1.165, 1.54) is 167 Å². The second kappa shape index (κ2) is 53.8. The van der Waals surface area contributed by atoms with Crippen molar-refractivity contribution in [3.63, 3.8) is 0 Å². The fourth-order valence-corrected chi connectivity index (χ4v) is 9.49. The van der Waals surface area contributed by atoms with Gasteiger partial charge in [0.05, 0.1) is 39.9 Å². The van der Waals surface area contributed by atoms with E-state index in [4.69, 9.17) is 9.05 Å². The number of rotatable bonds is 55. The molecule has 0 saturated heterocycles. The summed E-state index contributed by atoms with van der Waals surface area (Å²) >= 11 is 0. The molecule has 0 saturated carbocycles. The third-order valence-corrected chi connectivity index (χ3v) is 14.5. The maximum atomic E-state index is 13.0. The van der Waals surface area contributed by atoms with Gasteiger partial charge in [0, 0.05) is 6.42 Å². The number of carbonyl (C=O) groups is 1. The van der Waals surface area contributed by atoms with Gasteiger partial charge in [-0.15, -0.1) is 0 Å². The van der Waals surface area contributed by atoms with Crippen LogP contribution in [0.2, 0.25) is 0 Å². The Kier molecular flexibility index (Phi) is 52.2. The highest BCUT2D eigenvalue weighted by molar-refractivity contribution is 7.47. The lowest BCUT2D eigenvalue weighted by Crippen LogP contribution is -2.46. The predicted molar refractivity (Wildman–Crippen MR) is 313 cm³/mol. The lowest BCUT2D eigenvalue weighted by Gasteiger charge is -2.26. The van der Waals surface area contributed by atoms with Crippen LogP contribution in [-0.4, -0.2) is 73.4 Å². The molecule has 0 heterocycles. The van der Waals surface area contributed by atoms with Crippen LogP contribution in [-0.2, 0) is 18.4 Å². The minimum absolute atomic E-state index is 0.0628. The maximum Gasteiger partial charge on any atom is 0.472 e. The SMILES string of the molecule is CC/C=C\C/C=C\C/C=C\C/C=C\C/C=C\C/C=C\CCCCC(=O)NC(COP(=O)(O)OCC[N+](C)(C)C)C(O)CCCCCCCCCCCCCCCCCCCCCCCCCCCCCCC. The molecule has 0 aliphatic carbocycles. The average Bonchev–Trinajstić information content (AvgIpc) is 3.34. The second-order valence-corrected chi connectivity index (χ2v) is 23.2. The van der Waals surface area contributed by atoms with Gasteiger partial charge in [-0.2, -0.15) is 0 Å². The standard InChI is InChI=1S/C63H117N2O6P/c1-6-8-10-12-14-16-18-20-22-24-26-28-29-30-31-32-33-34-35-37-38-40-42-44-46-48-50-52-54-56-62(66)61(60-71-72(68,69)70-59-58-65(3,4)5)64-63(67)57-55-53-51-49-47-45-43-41-39-36-27-25-23-21-19-17-15-13-11-9-7-2/h9,11,15,17,21,23,27,36,41,43,47,49,61-62,66H,6-8,10,12-14,16,18-20,22,24-26,28-35,37-40,42,44-46,48,50-60H2,1-5H3,(H-,64,67,68,69)/p+1/b11-9-,17-15-,23-21-,36-27-,43-41-,49-47-. The molecule has 3 N–H and O–H groups in total. The van der Waals surface area contributed by atoms with E-state index in [0.29, 0.717) is 30.3 Å². The number of nitrogens with zero attached hydrogens (tertiary/aromatic N) is 1. The quantitative estimate of drug-likeness (QED) is 0.0243. The van der Waals surface area contributed by atoms with Crippen LogP contribution in [0.1, 0.15) is 271 Å². The molecule has 1 amide bonds. The fourth-order valence-electron chi connectivity index (χ4n) is 8.76.